The number of fused-ring (bicyclic) bond motifs is 3. The topological polar surface area (TPSA) is 130 Å². The van der Waals surface area contributed by atoms with E-state index in [4.69, 9.17) is 14.5 Å². The highest BCUT2D eigenvalue weighted by Gasteiger charge is 2.59. The Morgan fingerprint density at radius 1 is 1.20 bits per heavy atom. The van der Waals surface area contributed by atoms with Crippen LogP contribution in [0.1, 0.15) is 64.8 Å². The van der Waals surface area contributed by atoms with Crippen molar-refractivity contribution in [3.63, 3.8) is 0 Å². The van der Waals surface area contributed by atoms with E-state index in [1.54, 1.807) is 6.07 Å². The van der Waals surface area contributed by atoms with Crippen molar-refractivity contribution in [1.82, 2.24) is 10.3 Å². The second kappa shape index (κ2) is 10.4. The highest BCUT2D eigenvalue weighted by atomic mass is 32.1. The molecule has 1 aromatic carbocycles. The molecule has 3 aromatic rings. The van der Waals surface area contributed by atoms with Crippen LogP contribution in [0.3, 0.4) is 0 Å². The largest absolute Gasteiger partial charge is 0.454 e. The zero-order chi connectivity index (χ0) is 28.1. The lowest BCUT2D eigenvalue weighted by Gasteiger charge is -2.58. The SMILES string of the molecule is CC1(CO)C(O)CCC2(C)C(CC(=O)NCc3ccc4c(c3)OCO4)c3nc(NC(=O)c4cccs4)sc3CC12. The summed E-state index contributed by atoms with van der Waals surface area (Å²) < 4.78 is 10.8. The van der Waals surface area contributed by atoms with Crippen molar-refractivity contribution >= 4 is 39.6 Å². The Morgan fingerprint density at radius 3 is 2.80 bits per heavy atom. The van der Waals surface area contributed by atoms with E-state index in [2.05, 4.69) is 17.6 Å². The first-order valence-electron chi connectivity index (χ1n) is 13.5. The van der Waals surface area contributed by atoms with Gasteiger partial charge in [-0.1, -0.05) is 26.0 Å². The van der Waals surface area contributed by atoms with Crippen LogP contribution in [0.2, 0.25) is 0 Å². The van der Waals surface area contributed by atoms with Crippen LogP contribution in [0, 0.1) is 16.7 Å². The number of thiophene rings is 1. The quantitative estimate of drug-likeness (QED) is 0.326. The van der Waals surface area contributed by atoms with Crippen molar-refractivity contribution in [3.05, 3.63) is 56.7 Å². The molecule has 1 saturated carbocycles. The molecule has 2 aromatic heterocycles. The Bertz CT molecular complexity index is 1420. The molecule has 2 aliphatic carbocycles. The van der Waals surface area contributed by atoms with Crippen molar-refractivity contribution in [2.75, 3.05) is 18.7 Å². The average molecular weight is 584 g/mol. The van der Waals surface area contributed by atoms with Gasteiger partial charge in [-0.05, 0) is 59.7 Å². The third kappa shape index (κ3) is 4.68. The minimum Gasteiger partial charge on any atom is -0.454 e. The molecule has 0 spiro atoms. The zero-order valence-corrected chi connectivity index (χ0v) is 24.1. The van der Waals surface area contributed by atoms with Gasteiger partial charge >= 0.3 is 0 Å². The summed E-state index contributed by atoms with van der Waals surface area (Å²) in [5.74, 6) is 0.750. The van der Waals surface area contributed by atoms with E-state index in [0.29, 0.717) is 47.3 Å². The van der Waals surface area contributed by atoms with Gasteiger partial charge in [-0.25, -0.2) is 4.98 Å². The van der Waals surface area contributed by atoms with E-state index in [1.165, 1.54) is 22.7 Å². The number of nitrogens with zero attached hydrogens (tertiary/aromatic N) is 1. The van der Waals surface area contributed by atoms with Gasteiger partial charge in [0.1, 0.15) is 0 Å². The van der Waals surface area contributed by atoms with Crippen LogP contribution in [0.15, 0.2) is 35.7 Å². The Hall–Kier alpha value is -2.99. The molecule has 1 aliphatic heterocycles. The smallest absolute Gasteiger partial charge is 0.267 e. The monoisotopic (exact) mass is 583 g/mol. The van der Waals surface area contributed by atoms with Gasteiger partial charge in [-0.3, -0.25) is 14.9 Å². The molecule has 1 fully saturated rings. The van der Waals surface area contributed by atoms with Gasteiger partial charge in [0.2, 0.25) is 12.7 Å². The lowest BCUT2D eigenvalue weighted by Crippen LogP contribution is -2.57. The summed E-state index contributed by atoms with van der Waals surface area (Å²) in [6.45, 7) is 4.51. The molecule has 5 atom stereocenters. The average Bonchev–Trinajstić information content (AvgIpc) is 3.71. The fourth-order valence-corrected chi connectivity index (χ4v) is 8.46. The molecular formula is C29H33N3O6S2. The second-order valence-electron chi connectivity index (χ2n) is 11.5. The first kappa shape index (κ1) is 27.2. The van der Waals surface area contributed by atoms with Gasteiger partial charge in [0.15, 0.2) is 16.6 Å². The summed E-state index contributed by atoms with van der Waals surface area (Å²) in [4.78, 5) is 32.7. The summed E-state index contributed by atoms with van der Waals surface area (Å²) >= 11 is 2.79. The molecule has 0 saturated heterocycles. The van der Waals surface area contributed by atoms with Crippen LogP contribution in [0.5, 0.6) is 11.5 Å². The van der Waals surface area contributed by atoms with E-state index >= 15 is 0 Å². The number of carbonyl (C=O) groups is 2. The number of thiazole rings is 1. The Balaban J connectivity index is 1.27. The highest BCUT2D eigenvalue weighted by Crippen LogP contribution is 2.62. The maximum Gasteiger partial charge on any atom is 0.267 e. The van der Waals surface area contributed by atoms with Crippen LogP contribution in [0.4, 0.5) is 5.13 Å². The van der Waals surface area contributed by atoms with Gasteiger partial charge in [0.05, 0.1) is 23.3 Å². The van der Waals surface area contributed by atoms with Crippen LogP contribution >= 0.6 is 22.7 Å². The molecule has 9 nitrogen and oxygen atoms in total. The molecule has 0 bridgehead atoms. The molecule has 0 radical (unpaired) electrons. The summed E-state index contributed by atoms with van der Waals surface area (Å²) in [6, 6.07) is 9.22. The number of carbonyl (C=O) groups excluding carboxylic acids is 2. The van der Waals surface area contributed by atoms with E-state index in [1.807, 2.05) is 36.6 Å². The normalized spacial score (nSPS) is 28.4. The predicted octanol–water partition coefficient (Wildman–Crippen LogP) is 4.31. The number of aromatic nitrogens is 1. The number of hydrogen-bond donors (Lipinski definition) is 4. The van der Waals surface area contributed by atoms with Crippen molar-refractivity contribution in [2.24, 2.45) is 16.7 Å². The molecule has 212 valence electrons. The van der Waals surface area contributed by atoms with E-state index in [-0.39, 0.29) is 48.9 Å². The van der Waals surface area contributed by atoms with Crippen molar-refractivity contribution < 1.29 is 29.3 Å². The molecule has 6 rings (SSSR count). The molecule has 2 amide bonds. The molecule has 5 unspecified atom stereocenters. The van der Waals surface area contributed by atoms with Gasteiger partial charge in [0, 0.05) is 29.2 Å². The van der Waals surface area contributed by atoms with Crippen molar-refractivity contribution in [3.8, 4) is 11.5 Å². The summed E-state index contributed by atoms with van der Waals surface area (Å²) in [5, 5.41) is 29.8. The number of amides is 2. The van der Waals surface area contributed by atoms with Gasteiger partial charge in [0.25, 0.3) is 5.91 Å². The third-order valence-corrected chi connectivity index (χ3v) is 11.1. The fourth-order valence-electron chi connectivity index (χ4n) is 6.77. The number of benzene rings is 1. The number of aliphatic hydroxyl groups excluding tert-OH is 2. The molecule has 3 aliphatic rings. The third-order valence-electron chi connectivity index (χ3n) is 9.18. The maximum atomic E-state index is 13.4. The molecule has 3 heterocycles. The Kier molecular flexibility index (Phi) is 7.10. The molecule has 40 heavy (non-hydrogen) atoms. The van der Waals surface area contributed by atoms with Crippen molar-refractivity contribution in [2.45, 2.75) is 58.1 Å². The zero-order valence-electron chi connectivity index (χ0n) is 22.4. The van der Waals surface area contributed by atoms with E-state index in [0.717, 1.165) is 16.1 Å². The number of hydrogen-bond acceptors (Lipinski definition) is 9. The minimum atomic E-state index is -0.712. The van der Waals surface area contributed by atoms with Crippen molar-refractivity contribution in [1.29, 1.82) is 0 Å². The first-order chi connectivity index (χ1) is 19.2. The highest BCUT2D eigenvalue weighted by molar-refractivity contribution is 7.16. The molecular weight excluding hydrogens is 550 g/mol. The standard InChI is InChI=1S/C29H33N3O6S2/c1-28-8-7-23(34)29(2,14-33)22(28)12-21-25(31-27(40-21)32-26(36)20-4-3-9-39-20)17(28)11-24(35)30-13-16-5-6-18-19(10-16)38-15-37-18/h3-6,9-10,17,22-23,33-34H,7-8,11-15H2,1-2H3,(H,30,35)(H,31,32,36). The summed E-state index contributed by atoms with van der Waals surface area (Å²) in [5.41, 5.74) is 0.658. The molecule has 11 heteroatoms. The van der Waals surface area contributed by atoms with Gasteiger partial charge in [-0.15, -0.1) is 22.7 Å². The maximum absolute atomic E-state index is 13.4. The number of ether oxygens (including phenoxy) is 2. The fraction of sp³-hybridized carbons (Fsp3) is 0.483. The second-order valence-corrected chi connectivity index (χ2v) is 13.5. The van der Waals surface area contributed by atoms with Crippen LogP contribution in [-0.4, -0.2) is 46.5 Å². The van der Waals surface area contributed by atoms with E-state index < -0.39 is 11.5 Å². The number of aliphatic hydroxyl groups is 2. The predicted molar refractivity (Wildman–Crippen MR) is 152 cm³/mol. The Labute approximate surface area is 240 Å². The number of rotatable bonds is 7. The van der Waals surface area contributed by atoms with Gasteiger partial charge < -0.3 is 25.0 Å². The van der Waals surface area contributed by atoms with Crippen LogP contribution in [0.25, 0.3) is 0 Å². The van der Waals surface area contributed by atoms with Crippen LogP contribution in [-0.2, 0) is 17.8 Å². The summed E-state index contributed by atoms with van der Waals surface area (Å²) in [6.07, 6.45) is 1.46. The lowest BCUT2D eigenvalue weighted by atomic mass is 9.47. The Morgan fingerprint density at radius 2 is 2.02 bits per heavy atom. The van der Waals surface area contributed by atoms with Crippen LogP contribution < -0.4 is 20.1 Å². The summed E-state index contributed by atoms with van der Waals surface area (Å²) in [7, 11) is 0. The van der Waals surface area contributed by atoms with E-state index in [9.17, 15) is 19.8 Å². The number of anilines is 1. The molecule has 4 N–H and O–H groups in total. The van der Waals surface area contributed by atoms with Gasteiger partial charge in [-0.2, -0.15) is 0 Å². The number of nitrogens with one attached hydrogen (secondary N) is 2. The lowest BCUT2D eigenvalue weighted by molar-refractivity contribution is -0.144. The minimum absolute atomic E-state index is 0.0609. The first-order valence-corrected chi connectivity index (χ1v) is 15.2.